The molecule has 1 atom stereocenters. The van der Waals surface area contributed by atoms with Gasteiger partial charge in [-0.3, -0.25) is 9.52 Å². The molecule has 18 heavy (non-hydrogen) atoms. The summed E-state index contributed by atoms with van der Waals surface area (Å²) in [6, 6.07) is 9.66. The Kier molecular flexibility index (Phi) is 4.90. The summed E-state index contributed by atoms with van der Waals surface area (Å²) >= 11 is 0. The summed E-state index contributed by atoms with van der Waals surface area (Å²) in [6.45, 7) is 4.04. The van der Waals surface area contributed by atoms with E-state index in [4.69, 9.17) is 0 Å². The topological polar surface area (TPSA) is 63.2 Å². The van der Waals surface area contributed by atoms with Gasteiger partial charge in [0.1, 0.15) is 0 Å². The van der Waals surface area contributed by atoms with Crippen LogP contribution in [0, 0.1) is 5.92 Å². The molecule has 0 spiro atoms. The molecule has 100 valence electrons. The van der Waals surface area contributed by atoms with Crippen LogP contribution in [-0.4, -0.2) is 20.6 Å². The Morgan fingerprint density at radius 2 is 1.78 bits per heavy atom. The van der Waals surface area contributed by atoms with Crippen molar-refractivity contribution >= 4 is 15.9 Å². The van der Waals surface area contributed by atoms with Crippen LogP contribution in [0.25, 0.3) is 0 Å². The zero-order chi connectivity index (χ0) is 13.8. The van der Waals surface area contributed by atoms with Crippen molar-refractivity contribution in [3.8, 4) is 0 Å². The van der Waals surface area contributed by atoms with Gasteiger partial charge in [0.15, 0.2) is 0 Å². The van der Waals surface area contributed by atoms with Crippen LogP contribution in [-0.2, 0) is 14.8 Å². The first-order chi connectivity index (χ1) is 8.29. The van der Waals surface area contributed by atoms with Gasteiger partial charge in [-0.05, 0) is 17.4 Å². The summed E-state index contributed by atoms with van der Waals surface area (Å²) in [6.07, 6.45) is 1.16. The maximum Gasteiger partial charge on any atom is 0.234 e. The second-order valence-corrected chi connectivity index (χ2v) is 6.51. The van der Waals surface area contributed by atoms with Crippen molar-refractivity contribution < 1.29 is 13.2 Å². The van der Waals surface area contributed by atoms with Gasteiger partial charge in [0.25, 0.3) is 0 Å². The molecule has 1 aromatic carbocycles. The highest BCUT2D eigenvalue weighted by atomic mass is 32.2. The number of benzene rings is 1. The van der Waals surface area contributed by atoms with Gasteiger partial charge in [0, 0.05) is 6.42 Å². The van der Waals surface area contributed by atoms with E-state index in [1.54, 1.807) is 0 Å². The molecule has 0 aliphatic rings. The molecule has 1 aromatic rings. The predicted octanol–water partition coefficient (Wildman–Crippen LogP) is 1.89. The van der Waals surface area contributed by atoms with Gasteiger partial charge < -0.3 is 0 Å². The van der Waals surface area contributed by atoms with Crippen molar-refractivity contribution in [1.82, 2.24) is 4.72 Å². The average molecular weight is 269 g/mol. The fraction of sp³-hybridized carbons (Fsp3) is 0.462. The Labute approximate surface area is 108 Å². The standard InChI is InChI=1S/C13H19NO3S/c1-10(2)12(11-7-5-4-6-8-11)9-13(15)14-18(3,16)17/h4-8,10,12H,9H2,1-3H3,(H,14,15). The number of amides is 1. The van der Waals surface area contributed by atoms with Gasteiger partial charge in [0.2, 0.25) is 15.9 Å². The van der Waals surface area contributed by atoms with Gasteiger partial charge in [-0.25, -0.2) is 8.42 Å². The third kappa shape index (κ3) is 4.87. The zero-order valence-corrected chi connectivity index (χ0v) is 11.7. The van der Waals surface area contributed by atoms with Crippen LogP contribution in [0.2, 0.25) is 0 Å². The van der Waals surface area contributed by atoms with Gasteiger partial charge in [-0.15, -0.1) is 0 Å². The molecule has 4 nitrogen and oxygen atoms in total. The maximum atomic E-state index is 11.7. The molecule has 1 N–H and O–H groups in total. The number of carbonyl (C=O) groups excluding carboxylic acids is 1. The van der Waals surface area contributed by atoms with E-state index in [0.717, 1.165) is 11.8 Å². The molecule has 0 aliphatic carbocycles. The van der Waals surface area contributed by atoms with Crippen molar-refractivity contribution in [1.29, 1.82) is 0 Å². The number of hydrogen-bond acceptors (Lipinski definition) is 3. The average Bonchev–Trinajstić information content (AvgIpc) is 2.24. The van der Waals surface area contributed by atoms with E-state index in [1.807, 2.05) is 48.9 Å². The third-order valence-electron chi connectivity index (χ3n) is 2.74. The molecule has 1 rings (SSSR count). The molecule has 0 saturated carbocycles. The van der Waals surface area contributed by atoms with E-state index >= 15 is 0 Å². The van der Waals surface area contributed by atoms with Gasteiger partial charge in [-0.2, -0.15) is 0 Å². The maximum absolute atomic E-state index is 11.7. The van der Waals surface area contributed by atoms with Gasteiger partial charge >= 0.3 is 0 Å². The molecular weight excluding hydrogens is 250 g/mol. The first kappa shape index (κ1) is 14.7. The Hall–Kier alpha value is -1.36. The molecule has 0 bridgehead atoms. The molecule has 0 heterocycles. The van der Waals surface area contributed by atoms with Crippen LogP contribution < -0.4 is 4.72 Å². The van der Waals surface area contributed by atoms with Crippen molar-refractivity contribution in [3.63, 3.8) is 0 Å². The molecule has 0 aromatic heterocycles. The summed E-state index contributed by atoms with van der Waals surface area (Å²) in [5, 5.41) is 0. The lowest BCUT2D eigenvalue weighted by Gasteiger charge is -2.20. The molecule has 0 radical (unpaired) electrons. The first-order valence-corrected chi connectivity index (χ1v) is 7.74. The molecule has 0 fully saturated rings. The Balaban J connectivity index is 2.80. The number of carbonyl (C=O) groups is 1. The monoisotopic (exact) mass is 269 g/mol. The van der Waals surface area contributed by atoms with Gasteiger partial charge in [-0.1, -0.05) is 44.2 Å². The lowest BCUT2D eigenvalue weighted by molar-refractivity contribution is -0.119. The largest absolute Gasteiger partial charge is 0.274 e. The molecule has 1 unspecified atom stereocenters. The summed E-state index contributed by atoms with van der Waals surface area (Å²) < 4.78 is 24.0. The second-order valence-electron chi connectivity index (χ2n) is 4.76. The second kappa shape index (κ2) is 6.00. The van der Waals surface area contributed by atoms with Crippen molar-refractivity contribution in [2.75, 3.05) is 6.26 Å². The van der Waals surface area contributed by atoms with Crippen LogP contribution in [0.4, 0.5) is 0 Å². The fourth-order valence-corrected chi connectivity index (χ4v) is 2.38. The summed E-state index contributed by atoms with van der Waals surface area (Å²) in [4.78, 5) is 11.7. The number of rotatable bonds is 5. The number of sulfonamides is 1. The summed E-state index contributed by atoms with van der Waals surface area (Å²) in [5.74, 6) is -0.175. The Morgan fingerprint density at radius 1 is 1.22 bits per heavy atom. The Bertz CT molecular complexity index is 494. The minimum absolute atomic E-state index is 0.0212. The minimum Gasteiger partial charge on any atom is -0.274 e. The van der Waals surface area contributed by atoms with Crippen LogP contribution in [0.15, 0.2) is 30.3 Å². The number of nitrogens with one attached hydrogen (secondary N) is 1. The third-order valence-corrected chi connectivity index (χ3v) is 3.34. The smallest absolute Gasteiger partial charge is 0.234 e. The predicted molar refractivity (Wildman–Crippen MR) is 71.6 cm³/mol. The van der Waals surface area contributed by atoms with Gasteiger partial charge in [0.05, 0.1) is 6.26 Å². The fourth-order valence-electron chi connectivity index (χ4n) is 1.89. The normalized spacial score (nSPS) is 13.3. The highest BCUT2D eigenvalue weighted by Crippen LogP contribution is 2.27. The SMILES string of the molecule is CC(C)C(CC(=O)NS(C)(=O)=O)c1ccccc1. The van der Waals surface area contributed by atoms with E-state index in [2.05, 4.69) is 0 Å². The molecule has 0 saturated heterocycles. The van der Waals surface area contributed by atoms with Crippen LogP contribution in [0.5, 0.6) is 0 Å². The van der Waals surface area contributed by atoms with Crippen LogP contribution >= 0.6 is 0 Å². The van der Waals surface area contributed by atoms with E-state index in [0.29, 0.717) is 0 Å². The van der Waals surface area contributed by atoms with Crippen LogP contribution in [0.3, 0.4) is 0 Å². The van der Waals surface area contributed by atoms with E-state index in [1.165, 1.54) is 0 Å². The molecular formula is C13H19NO3S. The van der Waals surface area contributed by atoms with Crippen molar-refractivity contribution in [2.24, 2.45) is 5.92 Å². The van der Waals surface area contributed by atoms with E-state index in [-0.39, 0.29) is 18.3 Å². The highest BCUT2D eigenvalue weighted by Gasteiger charge is 2.20. The minimum atomic E-state index is -3.48. The van der Waals surface area contributed by atoms with Crippen LogP contribution in [0.1, 0.15) is 31.7 Å². The highest BCUT2D eigenvalue weighted by molar-refractivity contribution is 7.89. The molecule has 5 heteroatoms. The lowest BCUT2D eigenvalue weighted by Crippen LogP contribution is -2.31. The lowest BCUT2D eigenvalue weighted by atomic mass is 9.86. The van der Waals surface area contributed by atoms with E-state index < -0.39 is 15.9 Å². The zero-order valence-electron chi connectivity index (χ0n) is 10.9. The van der Waals surface area contributed by atoms with Crippen molar-refractivity contribution in [2.45, 2.75) is 26.2 Å². The molecule has 1 amide bonds. The molecule has 0 aliphatic heterocycles. The summed E-state index contributed by atoms with van der Waals surface area (Å²) in [7, 11) is -3.48. The Morgan fingerprint density at radius 3 is 2.22 bits per heavy atom. The first-order valence-electron chi connectivity index (χ1n) is 5.85. The van der Waals surface area contributed by atoms with E-state index in [9.17, 15) is 13.2 Å². The summed E-state index contributed by atoms with van der Waals surface area (Å²) in [5.41, 5.74) is 1.05. The quantitative estimate of drug-likeness (QED) is 0.888. The van der Waals surface area contributed by atoms with Crippen molar-refractivity contribution in [3.05, 3.63) is 35.9 Å². The number of hydrogen-bond donors (Lipinski definition) is 1.